The molecule has 2 aromatic carbocycles. The van der Waals surface area contributed by atoms with Crippen LogP contribution < -0.4 is 0 Å². The topological polar surface area (TPSA) is 52.2 Å². The van der Waals surface area contributed by atoms with Crippen LogP contribution in [0.4, 0.5) is 0 Å². The van der Waals surface area contributed by atoms with Gasteiger partial charge in [0.25, 0.3) is 0 Å². The summed E-state index contributed by atoms with van der Waals surface area (Å²) >= 11 is 0. The summed E-state index contributed by atoms with van der Waals surface area (Å²) in [5.74, 6) is 0.884. The van der Waals surface area contributed by atoms with Crippen molar-refractivity contribution >= 4 is 16.8 Å². The molecule has 29 heavy (non-hydrogen) atoms. The molecule has 0 bridgehead atoms. The van der Waals surface area contributed by atoms with Crippen molar-refractivity contribution in [2.75, 3.05) is 19.6 Å². The van der Waals surface area contributed by atoms with Gasteiger partial charge in [0.05, 0.1) is 17.8 Å². The van der Waals surface area contributed by atoms with E-state index in [2.05, 4.69) is 64.5 Å². The third-order valence-corrected chi connectivity index (χ3v) is 6.67. The van der Waals surface area contributed by atoms with Crippen molar-refractivity contribution in [1.29, 1.82) is 0 Å². The highest BCUT2D eigenvalue weighted by Crippen LogP contribution is 2.32. The fourth-order valence-corrected chi connectivity index (χ4v) is 4.89. The van der Waals surface area contributed by atoms with Crippen LogP contribution in [0.5, 0.6) is 0 Å². The Morgan fingerprint density at radius 3 is 2.62 bits per heavy atom. The van der Waals surface area contributed by atoms with Crippen LogP contribution in [0.1, 0.15) is 41.9 Å². The molecule has 0 unspecified atom stereocenters. The van der Waals surface area contributed by atoms with Crippen molar-refractivity contribution in [2.24, 2.45) is 0 Å². The lowest BCUT2D eigenvalue weighted by atomic mass is 9.88. The van der Waals surface area contributed by atoms with Crippen LogP contribution in [0.2, 0.25) is 0 Å². The SMILES string of the molecule is Cc1ccc(CN2CC[C@@H](N3CCC(c4ccc5[nH]ncc5c4)CC3)C2=O)cc1. The highest BCUT2D eigenvalue weighted by molar-refractivity contribution is 5.84. The number of nitrogens with zero attached hydrogens (tertiary/aromatic N) is 3. The average molecular weight is 389 g/mol. The van der Waals surface area contributed by atoms with Gasteiger partial charge in [-0.25, -0.2) is 0 Å². The van der Waals surface area contributed by atoms with E-state index in [9.17, 15) is 4.79 Å². The first-order valence-electron chi connectivity index (χ1n) is 10.7. The number of aromatic nitrogens is 2. The molecule has 2 aliphatic rings. The first kappa shape index (κ1) is 18.4. The van der Waals surface area contributed by atoms with E-state index in [4.69, 9.17) is 0 Å². The average Bonchev–Trinajstić information content (AvgIpc) is 3.36. The number of piperidine rings is 1. The molecule has 0 spiro atoms. The molecule has 1 aromatic heterocycles. The normalized spacial score (nSPS) is 21.3. The van der Waals surface area contributed by atoms with Crippen LogP contribution in [-0.2, 0) is 11.3 Å². The van der Waals surface area contributed by atoms with Crippen LogP contribution in [0.15, 0.2) is 48.7 Å². The van der Waals surface area contributed by atoms with Crippen molar-refractivity contribution in [3.8, 4) is 0 Å². The van der Waals surface area contributed by atoms with Gasteiger partial charge in [0, 0.05) is 18.5 Å². The van der Waals surface area contributed by atoms with Gasteiger partial charge >= 0.3 is 0 Å². The summed E-state index contributed by atoms with van der Waals surface area (Å²) in [4.78, 5) is 17.5. The Bertz CT molecular complexity index is 1000. The molecule has 2 fully saturated rings. The number of hydrogen-bond donors (Lipinski definition) is 1. The minimum absolute atomic E-state index is 0.0674. The van der Waals surface area contributed by atoms with Crippen molar-refractivity contribution in [2.45, 2.75) is 44.7 Å². The van der Waals surface area contributed by atoms with Gasteiger partial charge in [-0.1, -0.05) is 35.9 Å². The molecule has 3 heterocycles. The fraction of sp³-hybridized carbons (Fsp3) is 0.417. The molecule has 2 saturated heterocycles. The third-order valence-electron chi connectivity index (χ3n) is 6.67. The molecule has 1 N–H and O–H groups in total. The van der Waals surface area contributed by atoms with Crippen LogP contribution in [0.25, 0.3) is 10.9 Å². The third kappa shape index (κ3) is 3.67. The van der Waals surface area contributed by atoms with Crippen molar-refractivity contribution in [3.05, 3.63) is 65.4 Å². The van der Waals surface area contributed by atoms with Crippen LogP contribution in [0.3, 0.4) is 0 Å². The predicted octanol–water partition coefficient (Wildman–Crippen LogP) is 3.85. The quantitative estimate of drug-likeness (QED) is 0.739. The zero-order chi connectivity index (χ0) is 19.8. The molecule has 5 rings (SSSR count). The maximum Gasteiger partial charge on any atom is 0.240 e. The van der Waals surface area contributed by atoms with Gasteiger partial charge in [0.15, 0.2) is 0 Å². The number of aromatic amines is 1. The monoisotopic (exact) mass is 388 g/mol. The molecule has 1 amide bonds. The number of benzene rings is 2. The molecule has 5 nitrogen and oxygen atoms in total. The second-order valence-corrected chi connectivity index (χ2v) is 8.58. The number of carbonyl (C=O) groups excluding carboxylic acids is 1. The van der Waals surface area contributed by atoms with Gasteiger partial charge in [-0.3, -0.25) is 14.8 Å². The van der Waals surface area contributed by atoms with Gasteiger partial charge in [-0.15, -0.1) is 0 Å². The number of hydrogen-bond acceptors (Lipinski definition) is 3. The molecule has 0 aliphatic carbocycles. The molecule has 150 valence electrons. The Labute approximate surface area is 171 Å². The van der Waals surface area contributed by atoms with E-state index in [0.29, 0.717) is 11.8 Å². The second-order valence-electron chi connectivity index (χ2n) is 8.58. The predicted molar refractivity (Wildman–Crippen MR) is 115 cm³/mol. The summed E-state index contributed by atoms with van der Waals surface area (Å²) in [7, 11) is 0. The summed E-state index contributed by atoms with van der Waals surface area (Å²) in [6, 6.07) is 15.2. The molecule has 0 saturated carbocycles. The molecule has 2 aliphatic heterocycles. The van der Waals surface area contributed by atoms with Crippen molar-refractivity contribution in [3.63, 3.8) is 0 Å². The largest absolute Gasteiger partial charge is 0.337 e. The number of H-pyrrole nitrogens is 1. The van der Waals surface area contributed by atoms with Crippen LogP contribution >= 0.6 is 0 Å². The van der Waals surface area contributed by atoms with E-state index in [1.165, 1.54) is 22.1 Å². The Balaban J connectivity index is 1.19. The summed E-state index contributed by atoms with van der Waals surface area (Å²) in [5, 5.41) is 8.33. The van der Waals surface area contributed by atoms with E-state index in [1.807, 2.05) is 11.1 Å². The lowest BCUT2D eigenvalue weighted by Crippen LogP contribution is -2.45. The molecule has 5 heteroatoms. The summed E-state index contributed by atoms with van der Waals surface area (Å²) in [6.45, 7) is 5.70. The van der Waals surface area contributed by atoms with Crippen LogP contribution in [0, 0.1) is 6.92 Å². The Hall–Kier alpha value is -2.66. The Morgan fingerprint density at radius 1 is 1.03 bits per heavy atom. The maximum absolute atomic E-state index is 13.0. The molecule has 1 atom stereocenters. The first-order valence-corrected chi connectivity index (χ1v) is 10.7. The Morgan fingerprint density at radius 2 is 1.83 bits per heavy atom. The fourth-order valence-electron chi connectivity index (χ4n) is 4.89. The minimum atomic E-state index is 0.0674. The van der Waals surface area contributed by atoms with Gasteiger partial charge in [0.1, 0.15) is 0 Å². The standard InChI is InChI=1S/C24H28N4O/c1-17-2-4-18(5-3-17)16-28-13-10-23(24(28)29)27-11-8-19(9-12-27)20-6-7-22-21(14-20)15-25-26-22/h2-7,14-15,19,23H,8-13,16H2,1H3,(H,25,26)/t23-/m1/s1. The smallest absolute Gasteiger partial charge is 0.240 e. The zero-order valence-electron chi connectivity index (χ0n) is 17.0. The molecule has 0 radical (unpaired) electrons. The van der Waals surface area contributed by atoms with Gasteiger partial charge in [0.2, 0.25) is 5.91 Å². The highest BCUT2D eigenvalue weighted by atomic mass is 16.2. The molecule has 3 aromatic rings. The van der Waals surface area contributed by atoms with Crippen molar-refractivity contribution in [1.82, 2.24) is 20.0 Å². The molecular formula is C24H28N4O. The number of amides is 1. The number of carbonyl (C=O) groups is 1. The number of aryl methyl sites for hydroxylation is 1. The summed E-state index contributed by atoms with van der Waals surface area (Å²) < 4.78 is 0. The number of nitrogens with one attached hydrogen (secondary N) is 1. The van der Waals surface area contributed by atoms with Gasteiger partial charge in [-0.05, 0) is 68.5 Å². The van der Waals surface area contributed by atoms with E-state index in [1.54, 1.807) is 0 Å². The maximum atomic E-state index is 13.0. The molecular weight excluding hydrogens is 360 g/mol. The van der Waals surface area contributed by atoms with E-state index in [0.717, 1.165) is 51.0 Å². The minimum Gasteiger partial charge on any atom is -0.337 e. The number of rotatable bonds is 4. The van der Waals surface area contributed by atoms with E-state index < -0.39 is 0 Å². The lowest BCUT2D eigenvalue weighted by Gasteiger charge is -2.35. The van der Waals surface area contributed by atoms with Crippen LogP contribution in [-0.4, -0.2) is 51.6 Å². The van der Waals surface area contributed by atoms with E-state index in [-0.39, 0.29) is 6.04 Å². The van der Waals surface area contributed by atoms with Gasteiger partial charge < -0.3 is 4.90 Å². The van der Waals surface area contributed by atoms with Gasteiger partial charge in [-0.2, -0.15) is 5.10 Å². The second kappa shape index (κ2) is 7.64. The highest BCUT2D eigenvalue weighted by Gasteiger charge is 2.37. The number of fused-ring (bicyclic) bond motifs is 1. The number of likely N-dealkylation sites (tertiary alicyclic amines) is 2. The lowest BCUT2D eigenvalue weighted by molar-refractivity contribution is -0.133. The summed E-state index contributed by atoms with van der Waals surface area (Å²) in [6.07, 6.45) is 5.08. The zero-order valence-corrected chi connectivity index (χ0v) is 17.0. The Kier molecular flexibility index (Phi) is 4.84. The van der Waals surface area contributed by atoms with Crippen molar-refractivity contribution < 1.29 is 4.79 Å². The summed E-state index contributed by atoms with van der Waals surface area (Å²) in [5.41, 5.74) is 4.97. The van der Waals surface area contributed by atoms with E-state index >= 15 is 0 Å². The first-order chi connectivity index (χ1) is 14.2.